The lowest BCUT2D eigenvalue weighted by atomic mass is 10.2. The second-order valence-electron chi connectivity index (χ2n) is 7.10. The van der Waals surface area contributed by atoms with Crippen LogP contribution in [0.4, 0.5) is 11.8 Å². The third-order valence-corrected chi connectivity index (χ3v) is 6.24. The van der Waals surface area contributed by atoms with E-state index in [0.29, 0.717) is 66.1 Å². The Kier molecular flexibility index (Phi) is 6.31. The fourth-order valence-electron chi connectivity index (χ4n) is 3.52. The molecule has 9 heteroatoms. The summed E-state index contributed by atoms with van der Waals surface area (Å²) in [5, 5.41) is 0.716. The SMILES string of the molecule is COc1cc2nc(N3CCN(C(=O)CSc4ccccc4)CC3)nc(N)c2cc1OC. The minimum absolute atomic E-state index is 0.143. The molecule has 1 aromatic heterocycles. The number of hydrogen-bond acceptors (Lipinski definition) is 8. The van der Waals surface area contributed by atoms with Crippen LogP contribution < -0.4 is 20.1 Å². The molecule has 1 aliphatic heterocycles. The maximum atomic E-state index is 12.6. The Morgan fingerprint density at radius 3 is 2.39 bits per heavy atom. The van der Waals surface area contributed by atoms with Crippen LogP contribution >= 0.6 is 11.8 Å². The number of carbonyl (C=O) groups excluding carboxylic acids is 1. The molecule has 2 heterocycles. The fourth-order valence-corrected chi connectivity index (χ4v) is 4.34. The number of piperazine rings is 1. The number of anilines is 2. The Morgan fingerprint density at radius 2 is 1.71 bits per heavy atom. The summed E-state index contributed by atoms with van der Waals surface area (Å²) in [5.41, 5.74) is 6.90. The lowest BCUT2D eigenvalue weighted by Gasteiger charge is -2.34. The first kappa shape index (κ1) is 21.0. The molecule has 4 rings (SSSR count). The van der Waals surface area contributed by atoms with Crippen molar-refractivity contribution in [3.05, 3.63) is 42.5 Å². The Balaban J connectivity index is 1.42. The van der Waals surface area contributed by atoms with Gasteiger partial charge >= 0.3 is 0 Å². The quantitative estimate of drug-likeness (QED) is 0.586. The van der Waals surface area contributed by atoms with E-state index >= 15 is 0 Å². The van der Waals surface area contributed by atoms with Gasteiger partial charge in [-0.3, -0.25) is 4.79 Å². The number of aromatic nitrogens is 2. The van der Waals surface area contributed by atoms with Crippen molar-refractivity contribution in [1.82, 2.24) is 14.9 Å². The van der Waals surface area contributed by atoms with Gasteiger partial charge in [0.15, 0.2) is 11.5 Å². The van der Waals surface area contributed by atoms with Crippen molar-refractivity contribution in [1.29, 1.82) is 0 Å². The van der Waals surface area contributed by atoms with Crippen LogP contribution in [-0.4, -0.2) is 66.9 Å². The molecular weight excluding hydrogens is 414 g/mol. The molecule has 162 valence electrons. The van der Waals surface area contributed by atoms with Crippen molar-refractivity contribution >= 4 is 40.3 Å². The monoisotopic (exact) mass is 439 g/mol. The molecule has 0 aliphatic carbocycles. The number of nitrogens with zero attached hydrogens (tertiary/aromatic N) is 4. The largest absolute Gasteiger partial charge is 0.493 e. The zero-order valence-electron chi connectivity index (χ0n) is 17.6. The Hall–Kier alpha value is -3.20. The average Bonchev–Trinajstić information content (AvgIpc) is 2.82. The fraction of sp³-hybridized carbons (Fsp3) is 0.318. The van der Waals surface area contributed by atoms with Gasteiger partial charge in [-0.25, -0.2) is 4.98 Å². The van der Waals surface area contributed by atoms with Gasteiger partial charge in [-0.1, -0.05) is 18.2 Å². The molecule has 1 saturated heterocycles. The lowest BCUT2D eigenvalue weighted by Crippen LogP contribution is -2.49. The van der Waals surface area contributed by atoms with Crippen LogP contribution in [0.3, 0.4) is 0 Å². The van der Waals surface area contributed by atoms with Gasteiger partial charge in [-0.2, -0.15) is 4.98 Å². The normalized spacial score (nSPS) is 14.0. The van der Waals surface area contributed by atoms with Gasteiger partial charge in [0.1, 0.15) is 5.82 Å². The molecule has 0 bridgehead atoms. The van der Waals surface area contributed by atoms with Crippen molar-refractivity contribution < 1.29 is 14.3 Å². The number of thioether (sulfide) groups is 1. The number of carbonyl (C=O) groups is 1. The molecule has 1 amide bonds. The number of hydrogen-bond donors (Lipinski definition) is 1. The third-order valence-electron chi connectivity index (χ3n) is 5.24. The first-order valence-corrected chi connectivity index (χ1v) is 11.0. The number of fused-ring (bicyclic) bond motifs is 1. The predicted molar refractivity (Wildman–Crippen MR) is 123 cm³/mol. The van der Waals surface area contributed by atoms with E-state index in [-0.39, 0.29) is 5.91 Å². The second kappa shape index (κ2) is 9.30. The summed E-state index contributed by atoms with van der Waals surface area (Å²) < 4.78 is 10.7. The summed E-state index contributed by atoms with van der Waals surface area (Å²) in [5.74, 6) is 2.69. The molecule has 2 aromatic carbocycles. The molecule has 8 nitrogen and oxygen atoms in total. The molecule has 0 radical (unpaired) electrons. The summed E-state index contributed by atoms with van der Waals surface area (Å²) in [7, 11) is 3.16. The molecule has 0 atom stereocenters. The maximum absolute atomic E-state index is 12.6. The highest BCUT2D eigenvalue weighted by molar-refractivity contribution is 8.00. The topological polar surface area (TPSA) is 93.8 Å². The Bertz CT molecular complexity index is 1070. The van der Waals surface area contributed by atoms with Crippen molar-refractivity contribution in [2.75, 3.05) is 56.8 Å². The van der Waals surface area contributed by atoms with Gasteiger partial charge in [0.2, 0.25) is 11.9 Å². The van der Waals surface area contributed by atoms with Crippen LogP contribution in [-0.2, 0) is 4.79 Å². The van der Waals surface area contributed by atoms with Crippen LogP contribution in [0.2, 0.25) is 0 Å². The van der Waals surface area contributed by atoms with E-state index in [2.05, 4.69) is 14.9 Å². The number of nitrogen functional groups attached to an aromatic ring is 1. The maximum Gasteiger partial charge on any atom is 0.233 e. The van der Waals surface area contributed by atoms with Crippen molar-refractivity contribution in [2.24, 2.45) is 0 Å². The summed E-state index contributed by atoms with van der Waals surface area (Å²) in [6.45, 7) is 2.56. The second-order valence-corrected chi connectivity index (χ2v) is 8.15. The highest BCUT2D eigenvalue weighted by Crippen LogP contribution is 2.34. The molecular formula is C22H25N5O3S. The zero-order chi connectivity index (χ0) is 21.8. The predicted octanol–water partition coefficient (Wildman–Crippen LogP) is 2.67. The summed E-state index contributed by atoms with van der Waals surface area (Å²) in [4.78, 5) is 26.8. The molecule has 2 N–H and O–H groups in total. The van der Waals surface area contributed by atoms with E-state index in [0.717, 1.165) is 4.90 Å². The summed E-state index contributed by atoms with van der Waals surface area (Å²) in [6, 6.07) is 13.5. The molecule has 3 aromatic rings. The number of nitrogens with two attached hydrogens (primary N) is 1. The minimum atomic E-state index is 0.143. The van der Waals surface area contributed by atoms with Crippen LogP contribution in [0, 0.1) is 0 Å². The molecule has 0 spiro atoms. The van der Waals surface area contributed by atoms with Gasteiger partial charge in [-0.05, 0) is 18.2 Å². The Labute approximate surface area is 185 Å². The van der Waals surface area contributed by atoms with Crippen molar-refractivity contribution in [3.8, 4) is 11.5 Å². The van der Waals surface area contributed by atoms with Gasteiger partial charge in [-0.15, -0.1) is 11.8 Å². The number of amides is 1. The van der Waals surface area contributed by atoms with E-state index in [1.807, 2.05) is 35.2 Å². The van der Waals surface area contributed by atoms with E-state index < -0.39 is 0 Å². The van der Waals surface area contributed by atoms with Crippen LogP contribution in [0.25, 0.3) is 10.9 Å². The molecule has 1 fully saturated rings. The lowest BCUT2D eigenvalue weighted by molar-refractivity contribution is -0.128. The number of rotatable bonds is 6. The average molecular weight is 440 g/mol. The van der Waals surface area contributed by atoms with Gasteiger partial charge in [0.05, 0.1) is 25.5 Å². The van der Waals surface area contributed by atoms with E-state index in [9.17, 15) is 4.79 Å². The van der Waals surface area contributed by atoms with E-state index in [1.165, 1.54) is 0 Å². The Morgan fingerprint density at radius 1 is 1.03 bits per heavy atom. The van der Waals surface area contributed by atoms with Crippen molar-refractivity contribution in [3.63, 3.8) is 0 Å². The van der Waals surface area contributed by atoms with Gasteiger partial charge < -0.3 is 25.0 Å². The molecule has 1 aliphatic rings. The third kappa shape index (κ3) is 4.61. The first-order valence-electron chi connectivity index (χ1n) is 9.99. The molecule has 31 heavy (non-hydrogen) atoms. The van der Waals surface area contributed by atoms with Crippen LogP contribution in [0.5, 0.6) is 11.5 Å². The van der Waals surface area contributed by atoms with E-state index in [4.69, 9.17) is 15.2 Å². The highest BCUT2D eigenvalue weighted by atomic mass is 32.2. The number of ether oxygens (including phenoxy) is 2. The van der Waals surface area contributed by atoms with Crippen LogP contribution in [0.15, 0.2) is 47.4 Å². The standard InChI is InChI=1S/C22H25N5O3S/c1-29-18-12-16-17(13-19(18)30-2)24-22(25-21(16)23)27-10-8-26(9-11-27)20(28)14-31-15-6-4-3-5-7-15/h3-7,12-13H,8-11,14H2,1-2H3,(H2,23,24,25). The summed E-state index contributed by atoms with van der Waals surface area (Å²) in [6.07, 6.45) is 0. The number of benzene rings is 2. The van der Waals surface area contributed by atoms with Gasteiger partial charge in [0, 0.05) is 42.5 Å². The molecule has 0 unspecified atom stereocenters. The number of methoxy groups -OCH3 is 2. The minimum Gasteiger partial charge on any atom is -0.493 e. The van der Waals surface area contributed by atoms with Crippen LogP contribution in [0.1, 0.15) is 0 Å². The van der Waals surface area contributed by atoms with E-state index in [1.54, 1.807) is 38.1 Å². The zero-order valence-corrected chi connectivity index (χ0v) is 18.4. The first-order chi connectivity index (χ1) is 15.1. The smallest absolute Gasteiger partial charge is 0.233 e. The highest BCUT2D eigenvalue weighted by Gasteiger charge is 2.23. The van der Waals surface area contributed by atoms with Crippen molar-refractivity contribution in [2.45, 2.75) is 4.90 Å². The summed E-state index contributed by atoms with van der Waals surface area (Å²) >= 11 is 1.56. The van der Waals surface area contributed by atoms with Gasteiger partial charge in [0.25, 0.3) is 0 Å². The molecule has 0 saturated carbocycles.